The van der Waals surface area contributed by atoms with Crippen LogP contribution in [0.2, 0.25) is 0 Å². The summed E-state index contributed by atoms with van der Waals surface area (Å²) in [7, 11) is 1.61. The molecule has 3 atom stereocenters. The average Bonchev–Trinajstić information content (AvgIpc) is 3.35. The molecule has 0 radical (unpaired) electrons. The standard InChI is InChI=1S/C32H37N3O7/c1-39-24-7-8-28-27(16-24)26(9-12-33-28)29(37)18-34-13-11-32(23(17-34)10-14-36)21-35(31(38)42-32)30-20-40-19-25(41-30)15-22-5-3-2-4-6-22/h2-3,5,7-9,12,16,19-20,23,29,36-37H,4,6,10-11,13-15,17-18,21H2,1H3. The van der Waals surface area contributed by atoms with Crippen molar-refractivity contribution in [2.24, 2.45) is 5.92 Å². The Hall–Kier alpha value is -3.86. The van der Waals surface area contributed by atoms with E-state index in [1.165, 1.54) is 16.7 Å². The number of amides is 1. The molecule has 1 amide bonds. The van der Waals surface area contributed by atoms with Gasteiger partial charge in [-0.15, -0.1) is 0 Å². The van der Waals surface area contributed by atoms with Gasteiger partial charge in [0.1, 0.15) is 23.4 Å². The molecule has 3 unspecified atom stereocenters. The van der Waals surface area contributed by atoms with Crippen LogP contribution in [0.15, 0.2) is 78.4 Å². The van der Waals surface area contributed by atoms with Crippen molar-refractivity contribution in [2.45, 2.75) is 43.8 Å². The fourth-order valence-corrected chi connectivity index (χ4v) is 6.38. The van der Waals surface area contributed by atoms with Crippen LogP contribution in [0.25, 0.3) is 10.9 Å². The van der Waals surface area contributed by atoms with Crippen molar-refractivity contribution >= 4 is 17.0 Å². The maximum atomic E-state index is 13.2. The van der Waals surface area contributed by atoms with Crippen LogP contribution in [0.1, 0.15) is 43.8 Å². The maximum Gasteiger partial charge on any atom is 0.417 e. The molecule has 1 aromatic carbocycles. The zero-order valence-corrected chi connectivity index (χ0v) is 23.8. The van der Waals surface area contributed by atoms with E-state index in [2.05, 4.69) is 22.0 Å². The molecule has 10 heteroatoms. The molecule has 1 aliphatic carbocycles. The van der Waals surface area contributed by atoms with Gasteiger partial charge in [-0.05, 0) is 49.1 Å². The molecule has 6 rings (SSSR count). The summed E-state index contributed by atoms with van der Waals surface area (Å²) in [6.45, 7) is 1.85. The number of aromatic nitrogens is 1. The number of fused-ring (bicyclic) bond motifs is 1. The normalized spacial score (nSPS) is 24.9. The van der Waals surface area contributed by atoms with E-state index in [9.17, 15) is 15.0 Å². The molecule has 10 nitrogen and oxygen atoms in total. The second kappa shape index (κ2) is 12.2. The minimum atomic E-state index is -0.778. The van der Waals surface area contributed by atoms with E-state index in [1.807, 2.05) is 30.3 Å². The third-order valence-electron chi connectivity index (χ3n) is 8.63. The van der Waals surface area contributed by atoms with Gasteiger partial charge in [-0.1, -0.05) is 23.8 Å². The number of likely N-dealkylation sites (tertiary alicyclic amines) is 1. The van der Waals surface area contributed by atoms with Gasteiger partial charge < -0.3 is 29.2 Å². The number of carbonyl (C=O) groups is 1. The fourth-order valence-electron chi connectivity index (χ4n) is 6.38. The Morgan fingerprint density at radius 1 is 1.26 bits per heavy atom. The number of β-amino-alcohol motifs (C(OH)–C–C–N with tert-alkyl or cyclic N) is 1. The first kappa shape index (κ1) is 28.3. The molecule has 4 aliphatic rings. The monoisotopic (exact) mass is 575 g/mol. The molecule has 4 heterocycles. The lowest BCUT2D eigenvalue weighted by Crippen LogP contribution is -2.55. The topological polar surface area (TPSA) is 114 Å². The van der Waals surface area contributed by atoms with Gasteiger partial charge in [0.2, 0.25) is 5.88 Å². The van der Waals surface area contributed by atoms with Crippen LogP contribution < -0.4 is 4.74 Å². The van der Waals surface area contributed by atoms with Crippen molar-refractivity contribution in [3.8, 4) is 5.75 Å². The molecule has 2 saturated heterocycles. The SMILES string of the molecule is COc1ccc2nccc(C(O)CN3CCC4(CN(C5=COC=C(CC6=CC=CCC6)O5)C(=O)O4)C(CCO)C3)c2c1. The number of hydrogen-bond acceptors (Lipinski definition) is 9. The summed E-state index contributed by atoms with van der Waals surface area (Å²) in [5, 5.41) is 22.1. The molecule has 3 aliphatic heterocycles. The Balaban J connectivity index is 1.13. The number of allylic oxidation sites excluding steroid dienone is 4. The van der Waals surface area contributed by atoms with Crippen LogP contribution in [0.4, 0.5) is 4.79 Å². The molecule has 2 aromatic rings. The average molecular weight is 576 g/mol. The highest BCUT2D eigenvalue weighted by Crippen LogP contribution is 2.42. The first-order valence-electron chi connectivity index (χ1n) is 14.5. The van der Waals surface area contributed by atoms with Gasteiger partial charge in [-0.3, -0.25) is 9.88 Å². The number of aliphatic hydroxyl groups is 2. The van der Waals surface area contributed by atoms with E-state index in [-0.39, 0.29) is 12.5 Å². The number of methoxy groups -OCH3 is 1. The number of benzene rings is 1. The predicted molar refractivity (Wildman–Crippen MR) is 155 cm³/mol. The van der Waals surface area contributed by atoms with Crippen LogP contribution in [0, 0.1) is 5.92 Å². The van der Waals surface area contributed by atoms with Gasteiger partial charge in [0.15, 0.2) is 6.26 Å². The molecular weight excluding hydrogens is 538 g/mol. The number of ether oxygens (including phenoxy) is 4. The van der Waals surface area contributed by atoms with Gasteiger partial charge in [0.25, 0.3) is 0 Å². The Morgan fingerprint density at radius 2 is 2.17 bits per heavy atom. The molecule has 2 N–H and O–H groups in total. The van der Waals surface area contributed by atoms with E-state index in [4.69, 9.17) is 18.9 Å². The Kier molecular flexibility index (Phi) is 8.19. The number of carbonyl (C=O) groups excluding carboxylic acids is 1. The van der Waals surface area contributed by atoms with Crippen LogP contribution >= 0.6 is 0 Å². The second-order valence-electron chi connectivity index (χ2n) is 11.3. The highest BCUT2D eigenvalue weighted by Gasteiger charge is 2.54. The van der Waals surface area contributed by atoms with E-state index in [1.54, 1.807) is 19.6 Å². The summed E-state index contributed by atoms with van der Waals surface area (Å²) >= 11 is 0. The van der Waals surface area contributed by atoms with Crippen molar-refractivity contribution in [3.05, 3.63) is 84.0 Å². The van der Waals surface area contributed by atoms with Crippen molar-refractivity contribution in [1.82, 2.24) is 14.8 Å². The first-order valence-corrected chi connectivity index (χ1v) is 14.5. The number of nitrogens with zero attached hydrogens (tertiary/aromatic N) is 3. The summed E-state index contributed by atoms with van der Waals surface area (Å²) in [6.07, 6.45) is 13.3. The highest BCUT2D eigenvalue weighted by atomic mass is 16.6. The van der Waals surface area contributed by atoms with Crippen molar-refractivity contribution in [2.75, 3.05) is 39.9 Å². The maximum absolute atomic E-state index is 13.2. The quantitative estimate of drug-likeness (QED) is 0.445. The summed E-state index contributed by atoms with van der Waals surface area (Å²) in [6, 6.07) is 7.46. The summed E-state index contributed by atoms with van der Waals surface area (Å²) in [5.41, 5.74) is 2.03. The largest absolute Gasteiger partial charge is 0.497 e. The number of aliphatic hydroxyl groups excluding tert-OH is 2. The first-order chi connectivity index (χ1) is 20.5. The molecule has 0 bridgehead atoms. The minimum absolute atomic E-state index is 0.0338. The van der Waals surface area contributed by atoms with Crippen LogP contribution in [-0.2, 0) is 14.2 Å². The Labute approximate surface area is 245 Å². The molecule has 0 saturated carbocycles. The van der Waals surface area contributed by atoms with E-state index in [0.717, 1.165) is 29.3 Å². The zero-order valence-electron chi connectivity index (χ0n) is 23.8. The minimum Gasteiger partial charge on any atom is -0.497 e. The molecule has 222 valence electrons. The Bertz CT molecular complexity index is 1450. The molecule has 1 aromatic heterocycles. The number of pyridine rings is 1. The lowest BCUT2D eigenvalue weighted by molar-refractivity contribution is -0.0631. The van der Waals surface area contributed by atoms with Gasteiger partial charge in [0, 0.05) is 56.6 Å². The van der Waals surface area contributed by atoms with Gasteiger partial charge in [-0.25, -0.2) is 9.69 Å². The van der Waals surface area contributed by atoms with Crippen LogP contribution in [-0.4, -0.2) is 76.6 Å². The lowest BCUT2D eigenvalue weighted by atomic mass is 9.78. The van der Waals surface area contributed by atoms with Gasteiger partial charge in [0.05, 0.1) is 25.3 Å². The van der Waals surface area contributed by atoms with E-state index >= 15 is 0 Å². The Morgan fingerprint density at radius 3 is 2.98 bits per heavy atom. The molecule has 1 spiro atoms. The van der Waals surface area contributed by atoms with Crippen LogP contribution in [0.3, 0.4) is 0 Å². The second-order valence-corrected chi connectivity index (χ2v) is 11.3. The number of hydrogen-bond donors (Lipinski definition) is 2. The lowest BCUT2D eigenvalue weighted by Gasteiger charge is -2.44. The van der Waals surface area contributed by atoms with Gasteiger partial charge in [-0.2, -0.15) is 0 Å². The summed E-state index contributed by atoms with van der Waals surface area (Å²) < 4.78 is 23.1. The van der Waals surface area contributed by atoms with Crippen molar-refractivity contribution in [3.63, 3.8) is 0 Å². The van der Waals surface area contributed by atoms with Gasteiger partial charge >= 0.3 is 6.09 Å². The van der Waals surface area contributed by atoms with Crippen molar-refractivity contribution in [1.29, 1.82) is 0 Å². The highest BCUT2D eigenvalue weighted by molar-refractivity contribution is 5.83. The zero-order chi connectivity index (χ0) is 29.1. The van der Waals surface area contributed by atoms with Crippen molar-refractivity contribution < 1.29 is 34.0 Å². The third-order valence-corrected chi connectivity index (χ3v) is 8.63. The molecular formula is C32H37N3O7. The van der Waals surface area contributed by atoms with E-state index < -0.39 is 17.8 Å². The van der Waals surface area contributed by atoms with E-state index in [0.29, 0.717) is 62.8 Å². The predicted octanol–water partition coefficient (Wildman–Crippen LogP) is 4.53. The summed E-state index contributed by atoms with van der Waals surface area (Å²) in [4.78, 5) is 21.3. The number of rotatable bonds is 9. The molecule has 2 fully saturated rings. The van der Waals surface area contributed by atoms with Crippen LogP contribution in [0.5, 0.6) is 5.75 Å². The molecule has 42 heavy (non-hydrogen) atoms. The fraction of sp³-hybridized carbons (Fsp3) is 0.438. The summed E-state index contributed by atoms with van der Waals surface area (Å²) in [5.74, 6) is 1.51. The third kappa shape index (κ3) is 5.74. The number of piperidine rings is 1. The smallest absolute Gasteiger partial charge is 0.417 e.